The van der Waals surface area contributed by atoms with Crippen LogP contribution in [0, 0.1) is 21.8 Å². The van der Waals surface area contributed by atoms with E-state index in [1.54, 1.807) is 13.0 Å². The van der Waals surface area contributed by atoms with Crippen LogP contribution in [0.15, 0.2) is 48.0 Å². The van der Waals surface area contributed by atoms with Crippen molar-refractivity contribution in [2.24, 2.45) is 0 Å². The lowest BCUT2D eigenvalue weighted by molar-refractivity contribution is -0.112. The van der Waals surface area contributed by atoms with Gasteiger partial charge in [-0.3, -0.25) is 10.1 Å². The Morgan fingerprint density at radius 2 is 2.03 bits per heavy atom. The van der Waals surface area contributed by atoms with E-state index in [-0.39, 0.29) is 5.57 Å². The largest absolute Gasteiger partial charge is 0.490 e. The first kappa shape index (κ1) is 22.7. The van der Waals surface area contributed by atoms with Crippen LogP contribution >= 0.6 is 33.9 Å². The second-order valence-corrected chi connectivity index (χ2v) is 8.63. The Bertz CT molecular complexity index is 1140. The normalized spacial score (nSPS) is 11.0. The minimum atomic E-state index is -0.545. The Labute approximate surface area is 197 Å². The van der Waals surface area contributed by atoms with Gasteiger partial charge in [0.1, 0.15) is 23.3 Å². The lowest BCUT2D eigenvalue weighted by Crippen LogP contribution is -2.13. The number of amides is 1. The summed E-state index contributed by atoms with van der Waals surface area (Å²) in [5.74, 6) is 0.626. The number of hydrogen-bond acceptors (Lipinski definition) is 7. The van der Waals surface area contributed by atoms with Gasteiger partial charge in [-0.1, -0.05) is 41.7 Å². The number of ether oxygens (including phenoxy) is 2. The van der Waals surface area contributed by atoms with Crippen LogP contribution in [0.5, 0.6) is 11.5 Å². The molecule has 0 bridgehead atoms. The first-order valence-electron chi connectivity index (χ1n) is 9.36. The Morgan fingerprint density at radius 1 is 1.26 bits per heavy atom. The summed E-state index contributed by atoms with van der Waals surface area (Å²) in [6, 6.07) is 15.4. The summed E-state index contributed by atoms with van der Waals surface area (Å²) >= 11 is 3.40. The van der Waals surface area contributed by atoms with Crippen molar-refractivity contribution in [2.45, 2.75) is 20.5 Å². The Hall–Kier alpha value is -2.97. The molecule has 1 amide bonds. The van der Waals surface area contributed by atoms with Gasteiger partial charge in [0.15, 0.2) is 11.5 Å². The quantitative estimate of drug-likeness (QED) is 0.243. The summed E-state index contributed by atoms with van der Waals surface area (Å²) in [7, 11) is 0. The number of nitrogens with zero attached hydrogens (tertiary/aromatic N) is 3. The summed E-state index contributed by atoms with van der Waals surface area (Å²) in [5, 5.41) is 20.8. The molecule has 0 saturated heterocycles. The lowest BCUT2D eigenvalue weighted by Gasteiger charge is -2.15. The fourth-order valence-corrected chi connectivity index (χ4v) is 4.00. The molecule has 9 heteroatoms. The number of aromatic nitrogens is 2. The van der Waals surface area contributed by atoms with Crippen molar-refractivity contribution in [3.63, 3.8) is 0 Å². The maximum atomic E-state index is 12.5. The summed E-state index contributed by atoms with van der Waals surface area (Å²) < 4.78 is 12.6. The van der Waals surface area contributed by atoms with E-state index < -0.39 is 5.91 Å². The van der Waals surface area contributed by atoms with Gasteiger partial charge in [0.2, 0.25) is 5.13 Å². The van der Waals surface area contributed by atoms with Gasteiger partial charge in [-0.05, 0) is 65.8 Å². The number of benzene rings is 2. The van der Waals surface area contributed by atoms with Crippen molar-refractivity contribution in [3.8, 4) is 17.6 Å². The van der Waals surface area contributed by atoms with Crippen LogP contribution in [0.25, 0.3) is 6.08 Å². The number of halogens is 1. The van der Waals surface area contributed by atoms with Crippen LogP contribution in [0.1, 0.15) is 23.1 Å². The Kier molecular flexibility index (Phi) is 7.97. The van der Waals surface area contributed by atoms with Gasteiger partial charge in [-0.15, -0.1) is 10.2 Å². The molecule has 31 heavy (non-hydrogen) atoms. The minimum absolute atomic E-state index is 0.0518. The van der Waals surface area contributed by atoms with Gasteiger partial charge >= 0.3 is 0 Å². The average Bonchev–Trinajstić information content (AvgIpc) is 3.16. The number of aryl methyl sites for hydroxylation is 1. The maximum absolute atomic E-state index is 12.5. The molecule has 0 aliphatic rings. The zero-order chi connectivity index (χ0) is 22.2. The molecular weight excluding hydrogens is 527 g/mol. The van der Waals surface area contributed by atoms with Crippen molar-refractivity contribution in [1.29, 1.82) is 5.26 Å². The topological polar surface area (TPSA) is 97.1 Å². The monoisotopic (exact) mass is 546 g/mol. The van der Waals surface area contributed by atoms with Gasteiger partial charge in [0, 0.05) is 0 Å². The van der Waals surface area contributed by atoms with E-state index in [1.165, 1.54) is 17.4 Å². The highest BCUT2D eigenvalue weighted by Crippen LogP contribution is 2.35. The number of hydrogen-bond donors (Lipinski definition) is 1. The predicted octanol–water partition coefficient (Wildman–Crippen LogP) is 4.97. The molecule has 0 radical (unpaired) electrons. The molecule has 1 N–H and O–H groups in total. The van der Waals surface area contributed by atoms with E-state index in [0.717, 1.165) is 14.1 Å². The molecule has 0 fully saturated rings. The number of carbonyl (C=O) groups excluding carboxylic acids is 1. The van der Waals surface area contributed by atoms with Crippen molar-refractivity contribution < 1.29 is 14.3 Å². The van der Waals surface area contributed by atoms with E-state index >= 15 is 0 Å². The standard InChI is InChI=1S/C22H19IN4O3S/c1-3-29-19-11-16(9-17(12-24)21(28)25-22-27-26-14(2)31-22)10-18(23)20(19)30-13-15-7-5-4-6-8-15/h4-11H,3,13H2,1-2H3,(H,25,27,28)/b17-9-. The van der Waals surface area contributed by atoms with E-state index in [4.69, 9.17) is 9.47 Å². The Morgan fingerprint density at radius 3 is 2.68 bits per heavy atom. The zero-order valence-corrected chi connectivity index (χ0v) is 19.9. The number of rotatable bonds is 8. The molecule has 0 spiro atoms. The Balaban J connectivity index is 1.84. The molecule has 158 valence electrons. The molecule has 3 aromatic rings. The first-order valence-corrected chi connectivity index (χ1v) is 11.3. The maximum Gasteiger partial charge on any atom is 0.268 e. The van der Waals surface area contributed by atoms with Crippen LogP contribution in [-0.2, 0) is 11.4 Å². The first-order chi connectivity index (χ1) is 15.0. The minimum Gasteiger partial charge on any atom is -0.490 e. The third-order valence-corrected chi connectivity index (χ3v) is 5.54. The number of nitrogens with one attached hydrogen (secondary N) is 1. The molecule has 0 unspecified atom stereocenters. The van der Waals surface area contributed by atoms with Crippen molar-refractivity contribution in [1.82, 2.24) is 10.2 Å². The summed E-state index contributed by atoms with van der Waals surface area (Å²) in [6.07, 6.45) is 1.51. The second-order valence-electron chi connectivity index (χ2n) is 6.29. The molecule has 0 aliphatic heterocycles. The number of carbonyl (C=O) groups is 1. The summed E-state index contributed by atoms with van der Waals surface area (Å²) in [4.78, 5) is 12.5. The lowest BCUT2D eigenvalue weighted by atomic mass is 10.1. The fraction of sp³-hybridized carbons (Fsp3) is 0.182. The van der Waals surface area contributed by atoms with Crippen LogP contribution in [0.2, 0.25) is 0 Å². The van der Waals surface area contributed by atoms with Gasteiger partial charge in [0.25, 0.3) is 5.91 Å². The summed E-state index contributed by atoms with van der Waals surface area (Å²) in [6.45, 7) is 4.52. The third kappa shape index (κ3) is 6.26. The van der Waals surface area contributed by atoms with E-state index in [1.807, 2.05) is 49.4 Å². The van der Waals surface area contributed by atoms with Gasteiger partial charge in [-0.2, -0.15) is 5.26 Å². The smallest absolute Gasteiger partial charge is 0.268 e. The molecule has 0 saturated carbocycles. The van der Waals surface area contributed by atoms with E-state index in [0.29, 0.717) is 35.4 Å². The van der Waals surface area contributed by atoms with Crippen molar-refractivity contribution in [3.05, 3.63) is 67.7 Å². The van der Waals surface area contributed by atoms with Crippen molar-refractivity contribution in [2.75, 3.05) is 11.9 Å². The molecule has 7 nitrogen and oxygen atoms in total. The molecule has 0 aliphatic carbocycles. The van der Waals surface area contributed by atoms with Crippen LogP contribution in [-0.4, -0.2) is 22.7 Å². The average molecular weight is 546 g/mol. The molecule has 3 rings (SSSR count). The molecule has 1 aromatic heterocycles. The van der Waals surface area contributed by atoms with Crippen molar-refractivity contribution >= 4 is 51.0 Å². The summed E-state index contributed by atoms with van der Waals surface area (Å²) in [5.41, 5.74) is 1.64. The molecule has 1 heterocycles. The van der Waals surface area contributed by atoms with Crippen LogP contribution in [0.4, 0.5) is 5.13 Å². The number of anilines is 1. The second kappa shape index (κ2) is 10.9. The van der Waals surface area contributed by atoms with Gasteiger partial charge < -0.3 is 9.47 Å². The third-order valence-electron chi connectivity index (χ3n) is 3.98. The fourth-order valence-electron chi connectivity index (χ4n) is 2.63. The highest BCUT2D eigenvalue weighted by molar-refractivity contribution is 14.1. The SMILES string of the molecule is CCOc1cc(/C=C(/C#N)C(=O)Nc2nnc(C)s2)cc(I)c1OCc1ccccc1. The molecule has 2 aromatic carbocycles. The van der Waals surface area contributed by atoms with E-state index in [2.05, 4.69) is 38.1 Å². The van der Waals surface area contributed by atoms with Gasteiger partial charge in [0.05, 0.1) is 10.2 Å². The highest BCUT2D eigenvalue weighted by atomic mass is 127. The molecule has 0 atom stereocenters. The predicted molar refractivity (Wildman–Crippen MR) is 128 cm³/mol. The van der Waals surface area contributed by atoms with Crippen LogP contribution < -0.4 is 14.8 Å². The highest BCUT2D eigenvalue weighted by Gasteiger charge is 2.15. The zero-order valence-electron chi connectivity index (χ0n) is 16.9. The van der Waals surface area contributed by atoms with E-state index in [9.17, 15) is 10.1 Å². The van der Waals surface area contributed by atoms with Gasteiger partial charge in [-0.25, -0.2) is 0 Å². The van der Waals surface area contributed by atoms with Crippen LogP contribution in [0.3, 0.4) is 0 Å². The molecular formula is C22H19IN4O3S. The number of nitriles is 1.